The Bertz CT molecular complexity index is 128. The van der Waals surface area contributed by atoms with Crippen LogP contribution in [0.25, 0.3) is 0 Å². The van der Waals surface area contributed by atoms with E-state index >= 15 is 0 Å². The molecule has 1 N–H and O–H groups in total. The van der Waals surface area contributed by atoms with Crippen molar-refractivity contribution in [2.24, 2.45) is 0 Å². The Morgan fingerprint density at radius 2 is 2.33 bits per heavy atom. The van der Waals surface area contributed by atoms with Crippen molar-refractivity contribution in [2.75, 3.05) is 20.3 Å². The first kappa shape index (κ1) is 11.5. The Morgan fingerprint density at radius 3 is 2.83 bits per heavy atom. The third-order valence-corrected chi connectivity index (χ3v) is 1.82. The highest BCUT2D eigenvalue weighted by atomic mass is 16.5. The van der Waals surface area contributed by atoms with Crippen LogP contribution in [0.3, 0.4) is 0 Å². The van der Waals surface area contributed by atoms with Crippen molar-refractivity contribution in [1.82, 2.24) is 5.32 Å². The summed E-state index contributed by atoms with van der Waals surface area (Å²) in [5, 5.41) is 3.18. The number of nitrogens with one attached hydrogen (secondary N) is 1. The second kappa shape index (κ2) is 8.58. The predicted molar refractivity (Wildman–Crippen MR) is 52.0 cm³/mol. The van der Waals surface area contributed by atoms with Gasteiger partial charge in [-0.15, -0.1) is 12.3 Å². The zero-order valence-corrected chi connectivity index (χ0v) is 8.10. The molecular formula is C10H19NO. The van der Waals surface area contributed by atoms with E-state index in [4.69, 9.17) is 11.2 Å². The molecule has 12 heavy (non-hydrogen) atoms. The molecule has 2 heteroatoms. The average Bonchev–Trinajstić information content (AvgIpc) is 2.10. The third kappa shape index (κ3) is 6.21. The monoisotopic (exact) mass is 169 g/mol. The van der Waals surface area contributed by atoms with E-state index in [2.05, 4.69) is 11.2 Å². The Morgan fingerprint density at radius 1 is 1.58 bits per heavy atom. The van der Waals surface area contributed by atoms with Crippen LogP contribution in [0.1, 0.15) is 26.2 Å². The van der Waals surface area contributed by atoms with Gasteiger partial charge in [-0.25, -0.2) is 0 Å². The van der Waals surface area contributed by atoms with E-state index in [9.17, 15) is 0 Å². The maximum atomic E-state index is 5.23. The lowest BCUT2D eigenvalue weighted by molar-refractivity contribution is 0.141. The molecule has 0 bridgehead atoms. The first-order valence-electron chi connectivity index (χ1n) is 4.53. The van der Waals surface area contributed by atoms with Crippen molar-refractivity contribution >= 4 is 0 Å². The topological polar surface area (TPSA) is 21.3 Å². The quantitative estimate of drug-likeness (QED) is 0.459. The first-order valence-corrected chi connectivity index (χ1v) is 4.53. The Kier molecular flexibility index (Phi) is 8.20. The second-order valence-corrected chi connectivity index (χ2v) is 2.73. The van der Waals surface area contributed by atoms with Gasteiger partial charge in [-0.3, -0.25) is 0 Å². The molecule has 0 aromatic rings. The molecule has 0 aliphatic rings. The first-order chi connectivity index (χ1) is 5.85. The molecule has 0 aromatic heterocycles. The van der Waals surface area contributed by atoms with Crippen LogP contribution in [0.4, 0.5) is 0 Å². The SMILES string of the molecule is C#CCC(CCCOCC)NC. The van der Waals surface area contributed by atoms with E-state index < -0.39 is 0 Å². The van der Waals surface area contributed by atoms with E-state index in [-0.39, 0.29) is 0 Å². The molecule has 0 heterocycles. The Balaban J connectivity index is 3.26. The second-order valence-electron chi connectivity index (χ2n) is 2.73. The van der Waals surface area contributed by atoms with Crippen LogP contribution in [-0.2, 0) is 4.74 Å². The van der Waals surface area contributed by atoms with Gasteiger partial charge < -0.3 is 10.1 Å². The fourth-order valence-electron chi connectivity index (χ4n) is 1.07. The van der Waals surface area contributed by atoms with E-state index in [0.29, 0.717) is 6.04 Å². The highest BCUT2D eigenvalue weighted by Gasteiger charge is 2.02. The maximum absolute atomic E-state index is 5.23. The lowest BCUT2D eigenvalue weighted by atomic mass is 10.1. The van der Waals surface area contributed by atoms with E-state index in [0.717, 1.165) is 32.5 Å². The zero-order valence-electron chi connectivity index (χ0n) is 8.10. The molecule has 1 unspecified atom stereocenters. The molecular weight excluding hydrogens is 150 g/mol. The summed E-state index contributed by atoms with van der Waals surface area (Å²) in [5.74, 6) is 2.66. The van der Waals surface area contributed by atoms with E-state index in [1.54, 1.807) is 0 Å². The molecule has 0 rings (SSSR count). The highest BCUT2D eigenvalue weighted by Crippen LogP contribution is 2.00. The van der Waals surface area contributed by atoms with Gasteiger partial charge in [0.05, 0.1) is 0 Å². The average molecular weight is 169 g/mol. The van der Waals surface area contributed by atoms with Gasteiger partial charge in [-0.1, -0.05) is 0 Å². The van der Waals surface area contributed by atoms with Gasteiger partial charge in [-0.05, 0) is 26.8 Å². The van der Waals surface area contributed by atoms with Crippen molar-refractivity contribution < 1.29 is 4.74 Å². The summed E-state index contributed by atoms with van der Waals surface area (Å²) in [7, 11) is 1.95. The van der Waals surface area contributed by atoms with Crippen LogP contribution < -0.4 is 5.32 Å². The molecule has 0 aliphatic heterocycles. The fraction of sp³-hybridized carbons (Fsp3) is 0.800. The molecule has 0 aliphatic carbocycles. The van der Waals surface area contributed by atoms with Crippen LogP contribution in [0.15, 0.2) is 0 Å². The summed E-state index contributed by atoms with van der Waals surface area (Å²) in [6.07, 6.45) is 8.20. The number of rotatable bonds is 7. The summed E-state index contributed by atoms with van der Waals surface area (Å²) >= 11 is 0. The summed E-state index contributed by atoms with van der Waals surface area (Å²) in [6.45, 7) is 3.66. The molecule has 70 valence electrons. The lowest BCUT2D eigenvalue weighted by Gasteiger charge is -2.12. The normalized spacial score (nSPS) is 12.4. The molecule has 2 nitrogen and oxygen atoms in total. The number of hydrogen-bond donors (Lipinski definition) is 1. The van der Waals surface area contributed by atoms with Crippen LogP contribution in [0.5, 0.6) is 0 Å². The van der Waals surface area contributed by atoms with Crippen LogP contribution in [0.2, 0.25) is 0 Å². The van der Waals surface area contributed by atoms with Gasteiger partial charge in [0.15, 0.2) is 0 Å². The zero-order chi connectivity index (χ0) is 9.23. The van der Waals surface area contributed by atoms with E-state index in [1.165, 1.54) is 0 Å². The van der Waals surface area contributed by atoms with Crippen LogP contribution in [0, 0.1) is 12.3 Å². The summed E-state index contributed by atoms with van der Waals surface area (Å²) in [5.41, 5.74) is 0. The fourth-order valence-corrected chi connectivity index (χ4v) is 1.07. The molecule has 0 saturated heterocycles. The van der Waals surface area contributed by atoms with Gasteiger partial charge in [0.2, 0.25) is 0 Å². The van der Waals surface area contributed by atoms with Gasteiger partial charge >= 0.3 is 0 Å². The molecule has 0 fully saturated rings. The Labute approximate surface area is 75.7 Å². The standard InChI is InChI=1S/C10H19NO/c1-4-7-10(11-3)8-6-9-12-5-2/h1,10-11H,5-9H2,2-3H3. The number of hydrogen-bond acceptors (Lipinski definition) is 2. The Hall–Kier alpha value is -0.520. The number of terminal acetylenes is 1. The van der Waals surface area contributed by atoms with Crippen LogP contribution in [-0.4, -0.2) is 26.3 Å². The van der Waals surface area contributed by atoms with Crippen LogP contribution >= 0.6 is 0 Å². The summed E-state index contributed by atoms with van der Waals surface area (Å²) in [4.78, 5) is 0. The lowest BCUT2D eigenvalue weighted by Crippen LogP contribution is -2.24. The largest absolute Gasteiger partial charge is 0.382 e. The minimum absolute atomic E-state index is 0.454. The van der Waals surface area contributed by atoms with Gasteiger partial charge in [0, 0.05) is 25.7 Å². The maximum Gasteiger partial charge on any atom is 0.0466 e. The molecule has 0 amide bonds. The number of ether oxygens (including phenoxy) is 1. The van der Waals surface area contributed by atoms with E-state index in [1.807, 2.05) is 14.0 Å². The highest BCUT2D eigenvalue weighted by molar-refractivity contribution is 4.89. The van der Waals surface area contributed by atoms with Gasteiger partial charge in [-0.2, -0.15) is 0 Å². The minimum Gasteiger partial charge on any atom is -0.382 e. The minimum atomic E-state index is 0.454. The van der Waals surface area contributed by atoms with Crippen molar-refractivity contribution in [2.45, 2.75) is 32.2 Å². The molecule has 0 aromatic carbocycles. The van der Waals surface area contributed by atoms with Crippen molar-refractivity contribution in [3.05, 3.63) is 0 Å². The van der Waals surface area contributed by atoms with Crippen molar-refractivity contribution in [1.29, 1.82) is 0 Å². The van der Waals surface area contributed by atoms with Gasteiger partial charge in [0.25, 0.3) is 0 Å². The molecule has 0 spiro atoms. The molecule has 0 radical (unpaired) electrons. The third-order valence-electron chi connectivity index (χ3n) is 1.82. The van der Waals surface area contributed by atoms with Crippen molar-refractivity contribution in [3.8, 4) is 12.3 Å². The molecule has 1 atom stereocenters. The van der Waals surface area contributed by atoms with Crippen molar-refractivity contribution in [3.63, 3.8) is 0 Å². The smallest absolute Gasteiger partial charge is 0.0466 e. The predicted octanol–water partition coefficient (Wildman–Crippen LogP) is 1.41. The summed E-state index contributed by atoms with van der Waals surface area (Å²) in [6, 6.07) is 0.454. The molecule has 0 saturated carbocycles. The summed E-state index contributed by atoms with van der Waals surface area (Å²) < 4.78 is 5.23. The van der Waals surface area contributed by atoms with Gasteiger partial charge in [0.1, 0.15) is 0 Å².